The number of hydrogen-bond donors (Lipinski definition) is 5. The Bertz CT molecular complexity index is 4560. The van der Waals surface area contributed by atoms with Crippen LogP contribution in [0.25, 0.3) is 28.0 Å². The van der Waals surface area contributed by atoms with E-state index >= 15 is 0 Å². The number of halogens is 5. The van der Waals surface area contributed by atoms with Gasteiger partial charge in [-0.25, -0.2) is 29.3 Å². The fraction of sp³-hybridized carbons (Fsp3) is 0.238. The van der Waals surface area contributed by atoms with Crippen molar-refractivity contribution in [2.24, 2.45) is 0 Å². The summed E-state index contributed by atoms with van der Waals surface area (Å²) >= 11 is 29.4. The Balaban J connectivity index is 0.000000150. The summed E-state index contributed by atoms with van der Waals surface area (Å²) in [6.45, 7) is 3.54. The fourth-order valence-electron chi connectivity index (χ4n) is 9.94. The molecule has 8 heterocycles. The molecule has 5 aromatic carbocycles. The van der Waals surface area contributed by atoms with E-state index in [1.54, 1.807) is 155 Å². The van der Waals surface area contributed by atoms with Crippen molar-refractivity contribution in [2.75, 3.05) is 67.4 Å². The smallest absolute Gasteiger partial charge is 0.419 e. The Hall–Kier alpha value is -9.71. The van der Waals surface area contributed by atoms with Crippen molar-refractivity contribution >= 4 is 116 Å². The van der Waals surface area contributed by atoms with Crippen LogP contribution >= 0.6 is 58.0 Å². The lowest BCUT2D eigenvalue weighted by atomic mass is 10.1. The summed E-state index contributed by atoms with van der Waals surface area (Å²) in [5.41, 5.74) is 8.52. The number of aliphatic hydroxyl groups excluding tert-OH is 1. The number of benzene rings is 5. The number of carboxylic acid groups (broad SMARTS) is 1. The third-order valence-corrected chi connectivity index (χ3v) is 15.6. The zero-order chi connectivity index (χ0) is 69.1. The first-order valence-electron chi connectivity index (χ1n) is 28.4. The number of nitrogens with one attached hydrogen (secondary N) is 3. The molecule has 496 valence electrons. The molecule has 27 nitrogen and oxygen atoms in total. The number of carbonyl (C=O) groups excluding carboxylic acids is 6. The van der Waals surface area contributed by atoms with Crippen LogP contribution in [-0.2, 0) is 51.9 Å². The normalized spacial score (nSPS) is 13.3. The number of aliphatic carboxylic acids is 1. The number of amides is 5. The number of likely N-dealkylation sites (N-methyl/N-ethyl adjacent to an activating group) is 2. The first kappa shape index (κ1) is 71.1. The number of carboxylic acids is 1. The number of ether oxygens (including phenoxy) is 2. The number of aliphatic hydroxyl groups is 1. The minimum absolute atomic E-state index is 0.0417. The van der Waals surface area contributed by atoms with Crippen molar-refractivity contribution in [1.29, 1.82) is 0 Å². The second kappa shape index (κ2) is 31.5. The van der Waals surface area contributed by atoms with Gasteiger partial charge in [0.2, 0.25) is 5.91 Å². The van der Waals surface area contributed by atoms with E-state index in [4.69, 9.17) is 72.6 Å². The van der Waals surface area contributed by atoms with Crippen molar-refractivity contribution < 1.29 is 57.7 Å². The molecule has 0 unspecified atom stereocenters. The Labute approximate surface area is 565 Å². The number of aromatic amines is 1. The van der Waals surface area contributed by atoms with E-state index in [1.165, 1.54) is 22.2 Å². The van der Waals surface area contributed by atoms with E-state index in [0.29, 0.717) is 95.3 Å². The number of nitrogens with zero attached hydrogens (tertiary/aromatic N) is 10. The fourth-order valence-corrected chi connectivity index (χ4v) is 10.8. The number of H-pyrrole nitrogens is 1. The third kappa shape index (κ3) is 16.6. The lowest BCUT2D eigenvalue weighted by molar-refractivity contribution is -0.135. The quantitative estimate of drug-likeness (QED) is 0.0945. The summed E-state index contributed by atoms with van der Waals surface area (Å²) in [5, 5.41) is 25.0. The highest BCUT2D eigenvalue weighted by Crippen LogP contribution is 2.32. The molecule has 13 rings (SSSR count). The van der Waals surface area contributed by atoms with Gasteiger partial charge in [-0.15, -0.1) is 0 Å². The highest BCUT2D eigenvalue weighted by molar-refractivity contribution is 6.32. The van der Waals surface area contributed by atoms with Crippen LogP contribution in [0.5, 0.6) is 0 Å². The lowest BCUT2D eigenvalue weighted by Gasteiger charge is -2.14. The second-order valence-corrected chi connectivity index (χ2v) is 23.2. The molecule has 0 spiro atoms. The average molecular weight is 1400 g/mol. The molecule has 0 atom stereocenters. The molecule has 0 radical (unpaired) electrons. The Kier molecular flexibility index (Phi) is 23.6. The number of imidazole rings is 3. The Morgan fingerprint density at radius 2 is 1.02 bits per heavy atom. The molecule has 4 aromatic heterocycles. The van der Waals surface area contributed by atoms with Crippen LogP contribution < -0.4 is 22.0 Å². The van der Waals surface area contributed by atoms with E-state index in [-0.39, 0.29) is 73.5 Å². The molecular weight excluding hydrogens is 1340 g/mol. The molecule has 5 amide bonds. The van der Waals surface area contributed by atoms with Crippen molar-refractivity contribution in [3.05, 3.63) is 212 Å². The molecule has 4 aliphatic rings. The second-order valence-electron chi connectivity index (χ2n) is 21.0. The number of rotatable bonds is 7. The van der Waals surface area contributed by atoms with Gasteiger partial charge in [-0.2, -0.15) is 0 Å². The monoisotopic (exact) mass is 1400 g/mol. The van der Waals surface area contributed by atoms with E-state index in [9.17, 15) is 48.3 Å². The van der Waals surface area contributed by atoms with Crippen LogP contribution in [0, 0.1) is 0 Å². The first-order chi connectivity index (χ1) is 45.3. The largest absolute Gasteiger partial charge is 0.480 e. The molecule has 0 saturated carbocycles. The first-order valence-corrected chi connectivity index (χ1v) is 30.3. The van der Waals surface area contributed by atoms with Gasteiger partial charge < -0.3 is 63.5 Å². The van der Waals surface area contributed by atoms with Crippen LogP contribution in [0.15, 0.2) is 124 Å². The number of carbonyl (C=O) groups is 7. The average Bonchev–Trinajstić information content (AvgIpc) is 1.66. The van der Waals surface area contributed by atoms with E-state index in [1.807, 2.05) is 15.2 Å². The van der Waals surface area contributed by atoms with Gasteiger partial charge in [-0.05, 0) is 105 Å². The van der Waals surface area contributed by atoms with Gasteiger partial charge in [0.15, 0.2) is 5.69 Å². The molecule has 0 bridgehead atoms. The molecule has 5 N–H and O–H groups in total. The van der Waals surface area contributed by atoms with E-state index in [2.05, 4.69) is 35.0 Å². The number of hydrogen-bond acceptors (Lipinski definition) is 17. The van der Waals surface area contributed by atoms with Crippen LogP contribution in [-0.4, -0.2) is 167 Å². The number of esters is 1. The van der Waals surface area contributed by atoms with E-state index < -0.39 is 23.3 Å². The topological polar surface area (TPSA) is 332 Å². The summed E-state index contributed by atoms with van der Waals surface area (Å²) in [6, 6.07) is 25.0. The summed E-state index contributed by atoms with van der Waals surface area (Å²) in [7, 11) is 9.96. The van der Waals surface area contributed by atoms with Crippen molar-refractivity contribution in [3.8, 4) is 17.1 Å². The summed E-state index contributed by atoms with van der Waals surface area (Å²) in [6.07, 6.45) is 4.88. The van der Waals surface area contributed by atoms with Gasteiger partial charge >= 0.3 is 23.3 Å². The number of fused-ring (bicyclic) bond motifs is 11. The van der Waals surface area contributed by atoms with Gasteiger partial charge in [-0.3, -0.25) is 38.3 Å². The van der Waals surface area contributed by atoms with Gasteiger partial charge in [0.05, 0.1) is 150 Å². The summed E-state index contributed by atoms with van der Waals surface area (Å²) < 4.78 is 20.0. The zero-order valence-corrected chi connectivity index (χ0v) is 55.5. The number of aromatic nitrogens is 7. The molecule has 32 heteroatoms. The number of methoxy groups -OCH3 is 1. The van der Waals surface area contributed by atoms with Gasteiger partial charge in [0.25, 0.3) is 23.6 Å². The zero-order valence-electron chi connectivity index (χ0n) is 51.7. The van der Waals surface area contributed by atoms with Crippen LogP contribution in [0.2, 0.25) is 25.1 Å². The highest BCUT2D eigenvalue weighted by atomic mass is 35.5. The Morgan fingerprint density at radius 3 is 1.51 bits per heavy atom. The maximum atomic E-state index is 12.5. The standard InChI is InChI=1S/C15H14ClN3O3.C14H14ClN3O2.C13H12ClN3O2.C10H9ClN2O2.C8H4ClNO3.C3H7NO2/c1-3-22-15(21)13-12-7-18(2)14(20)10-6-9(16)4-5-11(10)19(12)8-17-13;1-17-6-13-11(7-20-2)16-8-18(13)12-4-3-9(15)5-10(12)14(17)19;1-16-5-12-10(6-18)15-7-17(12)11-3-2-8(14)4-9(11)13(16)19;1-13-5-9(14)12-8-3-2-6(11)4-7(8)10(13)15;9-4-1-2-6-5(3-4)7(11)13-8(12)10-6;1-4-2-3(5)6/h4-6,8H,3,7H2,1-2H3;3-5,8H,6-7H2,1-2H3;2-4,7,18H,5-6H2,1H3;2-4H,5H2,1H3,(H,12,14);1-3H,(H,10,12);4H,2H2,1H3,(H,5,6). The maximum Gasteiger partial charge on any atom is 0.419 e. The molecular formula is C63H60Cl5N13O14. The molecule has 95 heavy (non-hydrogen) atoms. The van der Waals surface area contributed by atoms with Crippen LogP contribution in [0.4, 0.5) is 5.69 Å². The SMILES string of the molecule is CCOC(=O)c1ncn2c1CN(C)C(=O)c1cc(Cl)ccc1-2.CN1CC(=O)Nc2ccc(Cl)cc2C1=O.CN1Cc2c(CO)ncn2-c2ccc(Cl)cc2C1=O.CNCC(=O)O.COCc1ncn2c1CN(C)C(=O)c1cc(Cl)ccc1-2.O=c1[nH]c2ccc(Cl)cc2c(=O)o1. The summed E-state index contributed by atoms with van der Waals surface area (Å²) in [4.78, 5) is 125. The van der Waals surface area contributed by atoms with Crippen molar-refractivity contribution in [2.45, 2.75) is 39.8 Å². The maximum absolute atomic E-state index is 12.5. The van der Waals surface area contributed by atoms with Crippen molar-refractivity contribution in [3.63, 3.8) is 0 Å². The van der Waals surface area contributed by atoms with Gasteiger partial charge in [0, 0.05) is 60.4 Å². The summed E-state index contributed by atoms with van der Waals surface area (Å²) in [5.74, 6) is -2.78. The van der Waals surface area contributed by atoms with Crippen molar-refractivity contribution in [1.82, 2.24) is 58.6 Å². The molecule has 0 aliphatic carbocycles. The van der Waals surface area contributed by atoms with Gasteiger partial charge in [-0.1, -0.05) is 58.0 Å². The van der Waals surface area contributed by atoms with Gasteiger partial charge in [0.1, 0.15) is 6.33 Å². The minimum Gasteiger partial charge on any atom is -0.480 e. The van der Waals surface area contributed by atoms with Crippen LogP contribution in [0.3, 0.4) is 0 Å². The predicted molar refractivity (Wildman–Crippen MR) is 352 cm³/mol. The highest BCUT2D eigenvalue weighted by Gasteiger charge is 2.31. The molecule has 9 aromatic rings. The molecule has 4 aliphatic heterocycles. The van der Waals surface area contributed by atoms with E-state index in [0.717, 1.165) is 28.5 Å². The molecule has 0 fully saturated rings. The number of anilines is 1. The lowest BCUT2D eigenvalue weighted by Crippen LogP contribution is -2.31. The Morgan fingerprint density at radius 1 is 0.589 bits per heavy atom. The third-order valence-electron chi connectivity index (χ3n) is 14.4. The predicted octanol–water partition coefficient (Wildman–Crippen LogP) is 7.94. The molecule has 0 saturated heterocycles. The minimum atomic E-state index is -0.822. The van der Waals surface area contributed by atoms with Crippen LogP contribution in [0.1, 0.15) is 87.3 Å².